The number of benzene rings is 1. The van der Waals surface area contributed by atoms with E-state index in [2.05, 4.69) is 15.4 Å². The monoisotopic (exact) mass is 451 g/mol. The largest absolute Gasteiger partial charge is 0.461 e. The van der Waals surface area contributed by atoms with Crippen LogP contribution in [0.3, 0.4) is 0 Å². The maximum absolute atomic E-state index is 12.5. The highest BCUT2D eigenvalue weighted by Crippen LogP contribution is 2.22. The third-order valence-corrected chi connectivity index (χ3v) is 5.55. The summed E-state index contributed by atoms with van der Waals surface area (Å²) in [6.07, 6.45) is 5.29. The molecule has 0 radical (unpaired) electrons. The molecule has 0 fully saturated rings. The van der Waals surface area contributed by atoms with Gasteiger partial charge in [-0.1, -0.05) is 11.8 Å². The minimum Gasteiger partial charge on any atom is -0.461 e. The Morgan fingerprint density at radius 2 is 1.94 bits per heavy atom. The average Bonchev–Trinajstić information content (AvgIpc) is 3.54. The molecule has 10 heteroatoms. The smallest absolute Gasteiger partial charge is 0.358 e. The summed E-state index contributed by atoms with van der Waals surface area (Å²) in [5.74, 6) is 0.691. The van der Waals surface area contributed by atoms with E-state index >= 15 is 0 Å². The number of aromatic nitrogens is 4. The number of furan rings is 1. The van der Waals surface area contributed by atoms with E-state index in [1.54, 1.807) is 66.5 Å². The fourth-order valence-electron chi connectivity index (χ4n) is 2.88. The lowest BCUT2D eigenvalue weighted by Gasteiger charge is -2.06. The molecular formula is C22H21N5O4S. The van der Waals surface area contributed by atoms with E-state index < -0.39 is 5.97 Å². The van der Waals surface area contributed by atoms with Crippen LogP contribution in [-0.2, 0) is 17.5 Å². The van der Waals surface area contributed by atoms with Gasteiger partial charge in [0.05, 0.1) is 18.0 Å². The summed E-state index contributed by atoms with van der Waals surface area (Å²) < 4.78 is 14.1. The van der Waals surface area contributed by atoms with Crippen LogP contribution in [0.15, 0.2) is 70.6 Å². The highest BCUT2D eigenvalue weighted by Gasteiger charge is 2.14. The second-order valence-corrected chi connectivity index (χ2v) is 7.68. The number of thioether (sulfide) groups is 1. The van der Waals surface area contributed by atoms with Gasteiger partial charge in [0.2, 0.25) is 0 Å². The van der Waals surface area contributed by atoms with E-state index in [0.29, 0.717) is 23.8 Å². The van der Waals surface area contributed by atoms with Crippen LogP contribution in [-0.4, -0.2) is 37.8 Å². The molecule has 1 amide bonds. The van der Waals surface area contributed by atoms with Crippen LogP contribution in [0, 0.1) is 0 Å². The first-order valence-electron chi connectivity index (χ1n) is 9.87. The van der Waals surface area contributed by atoms with Gasteiger partial charge in [-0.2, -0.15) is 5.10 Å². The van der Waals surface area contributed by atoms with Crippen LogP contribution in [0.2, 0.25) is 0 Å². The molecule has 0 saturated carbocycles. The number of nitrogens with zero attached hydrogens (tertiary/aromatic N) is 4. The van der Waals surface area contributed by atoms with Crippen molar-refractivity contribution >= 4 is 29.3 Å². The van der Waals surface area contributed by atoms with Crippen LogP contribution in [0.1, 0.15) is 33.7 Å². The standard InChI is InChI=1S/C22H21N5O4S/c1-3-30-21(29)18-10-12-27(25-18)16-6-4-15(5-7-16)24-20(28)19-9-8-17(31-19)14-32-22-23-11-13-26(22)2/h4-13H,3,14H2,1-2H3,(H,24,28). The van der Waals surface area contributed by atoms with E-state index in [1.165, 1.54) is 11.8 Å². The Morgan fingerprint density at radius 1 is 1.12 bits per heavy atom. The first kappa shape index (κ1) is 21.4. The van der Waals surface area contributed by atoms with Gasteiger partial charge in [-0.3, -0.25) is 4.79 Å². The molecule has 0 unspecified atom stereocenters. The Hall–Kier alpha value is -3.79. The van der Waals surface area contributed by atoms with Gasteiger partial charge in [0.15, 0.2) is 16.6 Å². The predicted octanol–water partition coefficient (Wildman–Crippen LogP) is 3.92. The van der Waals surface area contributed by atoms with Crippen LogP contribution in [0.4, 0.5) is 5.69 Å². The number of amides is 1. The molecule has 0 bridgehead atoms. The lowest BCUT2D eigenvalue weighted by molar-refractivity contribution is 0.0519. The number of rotatable bonds is 8. The number of carbonyl (C=O) groups is 2. The quantitative estimate of drug-likeness (QED) is 0.320. The minimum absolute atomic E-state index is 0.232. The molecule has 32 heavy (non-hydrogen) atoms. The molecule has 1 N–H and O–H groups in total. The van der Waals surface area contributed by atoms with E-state index in [1.807, 2.05) is 17.8 Å². The molecule has 0 saturated heterocycles. The lowest BCUT2D eigenvalue weighted by atomic mass is 10.2. The van der Waals surface area contributed by atoms with Gasteiger partial charge in [0.25, 0.3) is 5.91 Å². The van der Waals surface area contributed by atoms with Crippen LogP contribution < -0.4 is 5.32 Å². The number of aryl methyl sites for hydroxylation is 1. The number of anilines is 1. The molecule has 3 aromatic heterocycles. The van der Waals surface area contributed by atoms with Crippen molar-refractivity contribution in [2.24, 2.45) is 7.05 Å². The molecule has 1 aromatic carbocycles. The van der Waals surface area contributed by atoms with Gasteiger partial charge in [0.1, 0.15) is 5.76 Å². The van der Waals surface area contributed by atoms with E-state index in [-0.39, 0.29) is 17.4 Å². The Bertz CT molecular complexity index is 1230. The maximum atomic E-state index is 12.5. The maximum Gasteiger partial charge on any atom is 0.358 e. The van der Waals surface area contributed by atoms with Gasteiger partial charge in [-0.05, 0) is 49.4 Å². The number of esters is 1. The number of imidazole rings is 1. The summed E-state index contributed by atoms with van der Waals surface area (Å²) in [6.45, 7) is 2.03. The van der Waals surface area contributed by atoms with Gasteiger partial charge < -0.3 is 19.0 Å². The van der Waals surface area contributed by atoms with E-state index in [0.717, 1.165) is 10.8 Å². The third-order valence-electron chi connectivity index (χ3n) is 4.47. The molecule has 9 nitrogen and oxygen atoms in total. The third kappa shape index (κ3) is 4.92. The van der Waals surface area contributed by atoms with Crippen LogP contribution in [0.5, 0.6) is 0 Å². The van der Waals surface area contributed by atoms with Crippen molar-refractivity contribution in [3.05, 3.63) is 78.3 Å². The highest BCUT2D eigenvalue weighted by molar-refractivity contribution is 7.98. The number of nitrogens with one attached hydrogen (secondary N) is 1. The van der Waals surface area contributed by atoms with Gasteiger partial charge in [-0.15, -0.1) is 0 Å². The Morgan fingerprint density at radius 3 is 2.66 bits per heavy atom. The second kappa shape index (κ2) is 9.56. The number of ether oxygens (including phenoxy) is 1. The van der Waals surface area contributed by atoms with Crippen molar-refractivity contribution in [1.82, 2.24) is 19.3 Å². The molecule has 4 rings (SSSR count). The summed E-state index contributed by atoms with van der Waals surface area (Å²) in [6, 6.07) is 12.1. The number of hydrogen-bond donors (Lipinski definition) is 1. The zero-order chi connectivity index (χ0) is 22.5. The van der Waals surface area contributed by atoms with Crippen molar-refractivity contribution in [1.29, 1.82) is 0 Å². The molecule has 164 valence electrons. The number of hydrogen-bond acceptors (Lipinski definition) is 7. The normalized spacial score (nSPS) is 10.8. The molecular weight excluding hydrogens is 430 g/mol. The SMILES string of the molecule is CCOC(=O)c1ccn(-c2ccc(NC(=O)c3ccc(CSc4nccn4C)o3)cc2)n1. The van der Waals surface area contributed by atoms with Gasteiger partial charge >= 0.3 is 5.97 Å². The molecule has 0 atom stereocenters. The summed E-state index contributed by atoms with van der Waals surface area (Å²) in [7, 11) is 1.92. The summed E-state index contributed by atoms with van der Waals surface area (Å²) in [5.41, 5.74) is 1.58. The topological polar surface area (TPSA) is 104 Å². The summed E-state index contributed by atoms with van der Waals surface area (Å²) in [5, 5.41) is 7.90. The molecule has 0 aliphatic carbocycles. The van der Waals surface area contributed by atoms with Crippen LogP contribution in [0.25, 0.3) is 5.69 Å². The van der Waals surface area contributed by atoms with Gasteiger partial charge in [0, 0.05) is 31.3 Å². The second-order valence-electron chi connectivity index (χ2n) is 6.74. The van der Waals surface area contributed by atoms with Crippen molar-refractivity contribution in [2.45, 2.75) is 17.8 Å². The molecule has 4 aromatic rings. The van der Waals surface area contributed by atoms with Crippen LogP contribution >= 0.6 is 11.8 Å². The zero-order valence-corrected chi connectivity index (χ0v) is 18.3. The summed E-state index contributed by atoms with van der Waals surface area (Å²) in [4.78, 5) is 28.5. The van der Waals surface area contributed by atoms with Crippen molar-refractivity contribution in [3.63, 3.8) is 0 Å². The molecule has 3 heterocycles. The first-order chi connectivity index (χ1) is 15.5. The Kier molecular flexibility index (Phi) is 6.41. The first-order valence-corrected chi connectivity index (χ1v) is 10.9. The molecule has 0 aliphatic heterocycles. The van der Waals surface area contributed by atoms with E-state index in [9.17, 15) is 9.59 Å². The van der Waals surface area contributed by atoms with E-state index in [4.69, 9.17) is 9.15 Å². The highest BCUT2D eigenvalue weighted by atomic mass is 32.2. The molecule has 0 aliphatic rings. The fraction of sp³-hybridized carbons (Fsp3) is 0.182. The zero-order valence-electron chi connectivity index (χ0n) is 17.5. The fourth-order valence-corrected chi connectivity index (χ4v) is 3.70. The summed E-state index contributed by atoms with van der Waals surface area (Å²) >= 11 is 1.53. The number of carbonyl (C=O) groups excluding carboxylic acids is 2. The predicted molar refractivity (Wildman–Crippen MR) is 119 cm³/mol. The molecule has 0 spiro atoms. The van der Waals surface area contributed by atoms with Crippen molar-refractivity contribution in [2.75, 3.05) is 11.9 Å². The average molecular weight is 452 g/mol. The van der Waals surface area contributed by atoms with Gasteiger partial charge in [-0.25, -0.2) is 14.5 Å². The Labute approximate surface area is 188 Å². The lowest BCUT2D eigenvalue weighted by Crippen LogP contribution is -2.11. The van der Waals surface area contributed by atoms with Crippen molar-refractivity contribution in [3.8, 4) is 5.69 Å². The van der Waals surface area contributed by atoms with Crippen molar-refractivity contribution < 1.29 is 18.7 Å². The Balaban J connectivity index is 1.35. The minimum atomic E-state index is -0.466.